The molecule has 0 radical (unpaired) electrons. The van der Waals surface area contributed by atoms with Gasteiger partial charge in [-0.25, -0.2) is 0 Å². The summed E-state index contributed by atoms with van der Waals surface area (Å²) in [5.74, 6) is 0.816. The predicted octanol–water partition coefficient (Wildman–Crippen LogP) is 4.52. The fraction of sp³-hybridized carbons (Fsp3) is 0.278. The second-order valence-corrected chi connectivity index (χ2v) is 6.36. The van der Waals surface area contributed by atoms with E-state index < -0.39 is 0 Å². The number of carbonyl (C=O) groups excluding carboxylic acids is 1. The molecular weight excluding hydrogens is 264 g/mol. The second-order valence-electron chi connectivity index (χ2n) is 5.31. The summed E-state index contributed by atoms with van der Waals surface area (Å²) in [5, 5.41) is 0. The highest BCUT2D eigenvalue weighted by molar-refractivity contribution is 8.00. The van der Waals surface area contributed by atoms with Crippen molar-refractivity contribution in [2.24, 2.45) is 0 Å². The second kappa shape index (κ2) is 6.76. The van der Waals surface area contributed by atoms with Gasteiger partial charge in [0.05, 0.1) is 5.75 Å². The lowest BCUT2D eigenvalue weighted by molar-refractivity contribution is -0.116. The molecule has 0 amide bonds. The smallest absolute Gasteiger partial charge is 0.147 e. The zero-order chi connectivity index (χ0) is 14.5. The molecule has 1 nitrogen and oxygen atoms in total. The average molecular weight is 284 g/mol. The van der Waals surface area contributed by atoms with Crippen molar-refractivity contribution in [3.05, 3.63) is 64.7 Å². The van der Waals surface area contributed by atoms with Crippen molar-refractivity contribution in [2.45, 2.75) is 32.1 Å². The van der Waals surface area contributed by atoms with Crippen LogP contribution in [-0.2, 0) is 11.2 Å². The Kier molecular flexibility index (Phi) is 5.02. The van der Waals surface area contributed by atoms with Crippen molar-refractivity contribution in [1.29, 1.82) is 0 Å². The van der Waals surface area contributed by atoms with Gasteiger partial charge in [-0.05, 0) is 38.5 Å². The molecule has 2 heteroatoms. The van der Waals surface area contributed by atoms with Crippen molar-refractivity contribution >= 4 is 17.5 Å². The van der Waals surface area contributed by atoms with Crippen LogP contribution in [0.25, 0.3) is 0 Å². The van der Waals surface area contributed by atoms with Crippen LogP contribution in [0, 0.1) is 20.8 Å². The van der Waals surface area contributed by atoms with Gasteiger partial charge in [0, 0.05) is 11.3 Å². The zero-order valence-corrected chi connectivity index (χ0v) is 13.1. The van der Waals surface area contributed by atoms with E-state index in [1.807, 2.05) is 0 Å². The molecule has 0 aliphatic heterocycles. The number of aryl methyl sites for hydroxylation is 3. The Morgan fingerprint density at radius 3 is 2.10 bits per heavy atom. The van der Waals surface area contributed by atoms with E-state index in [0.29, 0.717) is 12.2 Å². The quantitative estimate of drug-likeness (QED) is 0.751. The van der Waals surface area contributed by atoms with E-state index in [1.54, 1.807) is 11.8 Å². The fourth-order valence-electron chi connectivity index (χ4n) is 2.25. The van der Waals surface area contributed by atoms with Crippen molar-refractivity contribution in [2.75, 3.05) is 5.75 Å². The van der Waals surface area contributed by atoms with Crippen molar-refractivity contribution in [3.63, 3.8) is 0 Å². The molecule has 0 unspecified atom stereocenters. The molecule has 0 saturated heterocycles. The van der Waals surface area contributed by atoms with Crippen LogP contribution in [-0.4, -0.2) is 11.5 Å². The minimum absolute atomic E-state index is 0.278. The molecule has 20 heavy (non-hydrogen) atoms. The normalized spacial score (nSPS) is 10.6. The van der Waals surface area contributed by atoms with Gasteiger partial charge in [-0.1, -0.05) is 47.0 Å². The largest absolute Gasteiger partial charge is 0.298 e. The molecule has 0 aromatic heterocycles. The Labute approximate surface area is 125 Å². The van der Waals surface area contributed by atoms with E-state index in [2.05, 4.69) is 63.2 Å². The van der Waals surface area contributed by atoms with Crippen LogP contribution in [0.4, 0.5) is 0 Å². The number of hydrogen-bond acceptors (Lipinski definition) is 2. The van der Waals surface area contributed by atoms with E-state index in [1.165, 1.54) is 16.7 Å². The fourth-order valence-corrected chi connectivity index (χ4v) is 3.01. The predicted molar refractivity (Wildman–Crippen MR) is 86.5 cm³/mol. The maximum absolute atomic E-state index is 12.1. The summed E-state index contributed by atoms with van der Waals surface area (Å²) in [4.78, 5) is 13.2. The molecule has 2 aromatic rings. The molecule has 0 atom stereocenters. The lowest BCUT2D eigenvalue weighted by Gasteiger charge is -2.05. The Hall–Kier alpha value is -1.54. The molecule has 2 aromatic carbocycles. The van der Waals surface area contributed by atoms with Crippen LogP contribution in [0.3, 0.4) is 0 Å². The number of hydrogen-bond donors (Lipinski definition) is 0. The van der Waals surface area contributed by atoms with Crippen LogP contribution in [0.1, 0.15) is 22.3 Å². The SMILES string of the molecule is Cc1ccc(SCC(=O)Cc2cc(C)cc(C)c2)cc1. The molecule has 0 bridgehead atoms. The summed E-state index contributed by atoms with van der Waals surface area (Å²) in [7, 11) is 0. The molecule has 0 aliphatic rings. The summed E-state index contributed by atoms with van der Waals surface area (Å²) >= 11 is 1.62. The highest BCUT2D eigenvalue weighted by Crippen LogP contribution is 2.19. The van der Waals surface area contributed by atoms with Gasteiger partial charge in [-0.2, -0.15) is 0 Å². The van der Waals surface area contributed by atoms with Gasteiger partial charge in [0.15, 0.2) is 0 Å². The van der Waals surface area contributed by atoms with Crippen LogP contribution < -0.4 is 0 Å². The summed E-state index contributed by atoms with van der Waals surface area (Å²) < 4.78 is 0. The summed E-state index contributed by atoms with van der Waals surface area (Å²) in [6.07, 6.45) is 0.529. The van der Waals surface area contributed by atoms with E-state index in [0.717, 1.165) is 10.5 Å². The Morgan fingerprint density at radius 2 is 1.50 bits per heavy atom. The third-order valence-corrected chi connectivity index (χ3v) is 4.18. The zero-order valence-electron chi connectivity index (χ0n) is 12.3. The average Bonchev–Trinajstić information content (AvgIpc) is 2.37. The molecule has 0 saturated carbocycles. The van der Waals surface area contributed by atoms with Crippen molar-refractivity contribution in [1.82, 2.24) is 0 Å². The Bertz CT molecular complexity index is 579. The number of ketones is 1. The van der Waals surface area contributed by atoms with Gasteiger partial charge in [0.2, 0.25) is 0 Å². The van der Waals surface area contributed by atoms with Gasteiger partial charge in [-0.3, -0.25) is 4.79 Å². The van der Waals surface area contributed by atoms with E-state index in [9.17, 15) is 4.79 Å². The van der Waals surface area contributed by atoms with Gasteiger partial charge in [-0.15, -0.1) is 11.8 Å². The maximum atomic E-state index is 12.1. The minimum atomic E-state index is 0.278. The molecule has 0 spiro atoms. The standard InChI is InChI=1S/C18H20OS/c1-13-4-6-18(7-5-13)20-12-17(19)11-16-9-14(2)8-15(3)10-16/h4-10H,11-12H2,1-3H3. The molecular formula is C18H20OS. The number of benzene rings is 2. The number of carbonyl (C=O) groups is 1. The molecule has 0 fully saturated rings. The van der Waals surface area contributed by atoms with E-state index >= 15 is 0 Å². The van der Waals surface area contributed by atoms with Crippen molar-refractivity contribution < 1.29 is 4.79 Å². The molecule has 0 N–H and O–H groups in total. The summed E-state index contributed by atoms with van der Waals surface area (Å²) in [5.41, 5.74) is 4.81. The summed E-state index contributed by atoms with van der Waals surface area (Å²) in [6.45, 7) is 6.21. The minimum Gasteiger partial charge on any atom is -0.298 e. The van der Waals surface area contributed by atoms with E-state index in [4.69, 9.17) is 0 Å². The highest BCUT2D eigenvalue weighted by atomic mass is 32.2. The molecule has 104 valence electrons. The van der Waals surface area contributed by atoms with Gasteiger partial charge in [0.25, 0.3) is 0 Å². The molecule has 2 rings (SSSR count). The third-order valence-electron chi connectivity index (χ3n) is 3.10. The Morgan fingerprint density at radius 1 is 0.900 bits per heavy atom. The maximum Gasteiger partial charge on any atom is 0.147 e. The summed E-state index contributed by atoms with van der Waals surface area (Å²) in [6, 6.07) is 14.6. The van der Waals surface area contributed by atoms with E-state index in [-0.39, 0.29) is 5.78 Å². The number of rotatable bonds is 5. The number of Topliss-reactive ketones (excluding diaryl/α,β-unsaturated/α-hetero) is 1. The highest BCUT2D eigenvalue weighted by Gasteiger charge is 2.06. The van der Waals surface area contributed by atoms with Crippen LogP contribution >= 0.6 is 11.8 Å². The first-order valence-electron chi connectivity index (χ1n) is 6.81. The third kappa shape index (κ3) is 4.53. The first-order chi connectivity index (χ1) is 9.52. The van der Waals surface area contributed by atoms with Gasteiger partial charge in [0.1, 0.15) is 5.78 Å². The molecule has 0 heterocycles. The number of thioether (sulfide) groups is 1. The van der Waals surface area contributed by atoms with Crippen molar-refractivity contribution in [3.8, 4) is 0 Å². The van der Waals surface area contributed by atoms with Crippen LogP contribution in [0.5, 0.6) is 0 Å². The monoisotopic (exact) mass is 284 g/mol. The topological polar surface area (TPSA) is 17.1 Å². The van der Waals surface area contributed by atoms with Crippen LogP contribution in [0.2, 0.25) is 0 Å². The van der Waals surface area contributed by atoms with Crippen LogP contribution in [0.15, 0.2) is 47.4 Å². The first kappa shape index (κ1) is 14.9. The van der Waals surface area contributed by atoms with Gasteiger partial charge >= 0.3 is 0 Å². The lowest BCUT2D eigenvalue weighted by Crippen LogP contribution is -2.06. The Balaban J connectivity index is 1.90. The first-order valence-corrected chi connectivity index (χ1v) is 7.80. The molecule has 0 aliphatic carbocycles. The van der Waals surface area contributed by atoms with Gasteiger partial charge < -0.3 is 0 Å². The lowest BCUT2D eigenvalue weighted by atomic mass is 10.0.